The van der Waals surface area contributed by atoms with Gasteiger partial charge in [-0.3, -0.25) is 9.59 Å². The zero-order chi connectivity index (χ0) is 20.4. The highest BCUT2D eigenvalue weighted by Crippen LogP contribution is 2.25. The van der Waals surface area contributed by atoms with Crippen LogP contribution in [0.5, 0.6) is 0 Å². The van der Waals surface area contributed by atoms with E-state index >= 15 is 0 Å². The summed E-state index contributed by atoms with van der Waals surface area (Å²) in [5.74, 6) is 0.571. The van der Waals surface area contributed by atoms with Gasteiger partial charge in [0.1, 0.15) is 0 Å². The summed E-state index contributed by atoms with van der Waals surface area (Å²) in [5, 5.41) is 5.17. The number of nitrogens with zero attached hydrogens (tertiary/aromatic N) is 1. The van der Waals surface area contributed by atoms with Crippen molar-refractivity contribution in [2.45, 2.75) is 12.8 Å². The number of carbonyl (C=O) groups excluding carboxylic acids is 1. The number of rotatable bonds is 4. The highest BCUT2D eigenvalue weighted by Gasteiger charge is 2.19. The number of H-pyrrole nitrogens is 1. The van der Waals surface area contributed by atoms with Crippen LogP contribution in [0.2, 0.25) is 5.02 Å². The summed E-state index contributed by atoms with van der Waals surface area (Å²) in [7, 11) is 1.86. The van der Waals surface area contributed by atoms with Crippen LogP contribution < -0.4 is 10.9 Å². The predicted octanol–water partition coefficient (Wildman–Crippen LogP) is 3.92. The molecule has 1 saturated heterocycles. The van der Waals surface area contributed by atoms with Gasteiger partial charge in [-0.15, -0.1) is 0 Å². The number of halogens is 1. The molecule has 29 heavy (non-hydrogen) atoms. The SMILES string of the molecule is CN(CC1CCNCC1)C(=O)c1ccc(-c2cc3c(Cl)cccc3c(=O)[nH]2)cc1. The molecule has 0 radical (unpaired) electrons. The van der Waals surface area contributed by atoms with E-state index in [1.54, 1.807) is 18.2 Å². The third-order valence-electron chi connectivity index (χ3n) is 5.61. The Morgan fingerprint density at radius 3 is 2.55 bits per heavy atom. The van der Waals surface area contributed by atoms with Crippen LogP contribution in [0.4, 0.5) is 0 Å². The molecular weight excluding hydrogens is 386 g/mol. The number of hydrogen-bond donors (Lipinski definition) is 2. The third-order valence-corrected chi connectivity index (χ3v) is 5.94. The maximum Gasteiger partial charge on any atom is 0.256 e. The van der Waals surface area contributed by atoms with Gasteiger partial charge in [0.05, 0.1) is 0 Å². The quantitative estimate of drug-likeness (QED) is 0.686. The number of aromatic nitrogens is 1. The molecule has 0 spiro atoms. The molecule has 0 aliphatic carbocycles. The lowest BCUT2D eigenvalue weighted by atomic mass is 9.97. The Balaban J connectivity index is 1.54. The Kier molecular flexibility index (Phi) is 5.69. The Bertz CT molecular complexity index is 1090. The first-order valence-electron chi connectivity index (χ1n) is 9.91. The first-order chi connectivity index (χ1) is 14.0. The van der Waals surface area contributed by atoms with E-state index in [2.05, 4.69) is 10.3 Å². The lowest BCUT2D eigenvalue weighted by Crippen LogP contribution is -2.37. The molecule has 2 heterocycles. The largest absolute Gasteiger partial charge is 0.341 e. The van der Waals surface area contributed by atoms with E-state index in [1.807, 2.05) is 42.3 Å². The number of carbonyl (C=O) groups is 1. The lowest BCUT2D eigenvalue weighted by molar-refractivity contribution is 0.0763. The summed E-state index contributed by atoms with van der Waals surface area (Å²) in [6, 6.07) is 14.5. The number of hydrogen-bond acceptors (Lipinski definition) is 3. The normalized spacial score (nSPS) is 14.8. The molecule has 150 valence electrons. The minimum Gasteiger partial charge on any atom is -0.341 e. The van der Waals surface area contributed by atoms with Crippen LogP contribution in [0, 0.1) is 5.92 Å². The fraction of sp³-hybridized carbons (Fsp3) is 0.304. The Morgan fingerprint density at radius 2 is 1.83 bits per heavy atom. The number of amides is 1. The molecule has 5 nitrogen and oxygen atoms in total. The van der Waals surface area contributed by atoms with E-state index in [0.717, 1.165) is 43.4 Å². The maximum absolute atomic E-state index is 12.8. The predicted molar refractivity (Wildman–Crippen MR) is 118 cm³/mol. The molecule has 1 fully saturated rings. The lowest BCUT2D eigenvalue weighted by Gasteiger charge is -2.27. The van der Waals surface area contributed by atoms with Gasteiger partial charge in [-0.1, -0.05) is 29.8 Å². The molecule has 3 aromatic rings. The molecule has 0 unspecified atom stereocenters. The van der Waals surface area contributed by atoms with E-state index in [-0.39, 0.29) is 11.5 Å². The summed E-state index contributed by atoms with van der Waals surface area (Å²) >= 11 is 6.26. The molecule has 6 heteroatoms. The zero-order valence-electron chi connectivity index (χ0n) is 16.4. The van der Waals surface area contributed by atoms with Crippen LogP contribution in [0.25, 0.3) is 22.0 Å². The van der Waals surface area contributed by atoms with Crippen molar-refractivity contribution in [1.82, 2.24) is 15.2 Å². The molecule has 1 aliphatic heterocycles. The molecule has 0 saturated carbocycles. The van der Waals surface area contributed by atoms with Gasteiger partial charge in [0.15, 0.2) is 0 Å². The molecular formula is C23H24ClN3O2. The number of nitrogens with one attached hydrogen (secondary N) is 2. The standard InChI is InChI=1S/C23H24ClN3O2/c1-27(14-15-9-11-25-12-10-15)23(29)17-7-5-16(6-8-17)21-13-19-18(22(28)26-21)3-2-4-20(19)24/h2-8,13,15,25H,9-12,14H2,1H3,(H,26,28). The summed E-state index contributed by atoms with van der Waals surface area (Å²) in [6.07, 6.45) is 2.21. The van der Waals surface area contributed by atoms with E-state index in [0.29, 0.717) is 27.6 Å². The van der Waals surface area contributed by atoms with Crippen LogP contribution in [-0.2, 0) is 0 Å². The van der Waals surface area contributed by atoms with Gasteiger partial charge in [0.2, 0.25) is 0 Å². The minimum absolute atomic E-state index is 0.0186. The van der Waals surface area contributed by atoms with Crippen molar-refractivity contribution in [3.05, 3.63) is 69.5 Å². The molecule has 1 aromatic heterocycles. The van der Waals surface area contributed by atoms with Gasteiger partial charge in [-0.25, -0.2) is 0 Å². The van der Waals surface area contributed by atoms with Crippen molar-refractivity contribution in [3.63, 3.8) is 0 Å². The third kappa shape index (κ3) is 4.21. The van der Waals surface area contributed by atoms with Gasteiger partial charge in [0, 0.05) is 40.6 Å². The van der Waals surface area contributed by atoms with Gasteiger partial charge in [-0.05, 0) is 67.7 Å². The van der Waals surface area contributed by atoms with Gasteiger partial charge in [-0.2, -0.15) is 0 Å². The molecule has 4 rings (SSSR count). The second kappa shape index (κ2) is 8.39. The smallest absolute Gasteiger partial charge is 0.256 e. The summed E-state index contributed by atoms with van der Waals surface area (Å²) < 4.78 is 0. The van der Waals surface area contributed by atoms with Crippen LogP contribution in [-0.4, -0.2) is 42.5 Å². The average molecular weight is 410 g/mol. The first kappa shape index (κ1) is 19.7. The molecule has 0 bridgehead atoms. The number of aromatic amines is 1. The Morgan fingerprint density at radius 1 is 1.10 bits per heavy atom. The first-order valence-corrected chi connectivity index (χ1v) is 10.3. The van der Waals surface area contributed by atoms with E-state index in [1.165, 1.54) is 0 Å². The average Bonchev–Trinajstić information content (AvgIpc) is 2.74. The molecule has 1 aliphatic rings. The Hall–Kier alpha value is -2.63. The fourth-order valence-corrected chi connectivity index (χ4v) is 4.18. The fourth-order valence-electron chi connectivity index (χ4n) is 3.95. The van der Waals surface area contributed by atoms with Crippen molar-refractivity contribution in [2.75, 3.05) is 26.7 Å². The highest BCUT2D eigenvalue weighted by molar-refractivity contribution is 6.35. The summed E-state index contributed by atoms with van der Waals surface area (Å²) in [5.41, 5.74) is 1.98. The number of pyridine rings is 1. The summed E-state index contributed by atoms with van der Waals surface area (Å²) in [6.45, 7) is 2.82. The van der Waals surface area contributed by atoms with Gasteiger partial charge >= 0.3 is 0 Å². The molecule has 1 amide bonds. The topological polar surface area (TPSA) is 65.2 Å². The second-order valence-electron chi connectivity index (χ2n) is 7.67. The van der Waals surface area contributed by atoms with Gasteiger partial charge < -0.3 is 15.2 Å². The number of piperidine rings is 1. The van der Waals surface area contributed by atoms with Crippen LogP contribution in [0.3, 0.4) is 0 Å². The highest BCUT2D eigenvalue weighted by atomic mass is 35.5. The molecule has 2 aromatic carbocycles. The van der Waals surface area contributed by atoms with Crippen molar-refractivity contribution >= 4 is 28.3 Å². The summed E-state index contributed by atoms with van der Waals surface area (Å²) in [4.78, 5) is 29.9. The van der Waals surface area contributed by atoms with E-state index in [9.17, 15) is 9.59 Å². The number of benzene rings is 2. The molecule has 2 N–H and O–H groups in total. The van der Waals surface area contributed by atoms with Crippen molar-refractivity contribution in [2.24, 2.45) is 5.92 Å². The van der Waals surface area contributed by atoms with E-state index in [4.69, 9.17) is 11.6 Å². The van der Waals surface area contributed by atoms with Crippen molar-refractivity contribution in [3.8, 4) is 11.3 Å². The zero-order valence-corrected chi connectivity index (χ0v) is 17.1. The molecule has 0 atom stereocenters. The van der Waals surface area contributed by atoms with Crippen molar-refractivity contribution in [1.29, 1.82) is 0 Å². The monoisotopic (exact) mass is 409 g/mol. The Labute approximate surface area is 174 Å². The van der Waals surface area contributed by atoms with Crippen LogP contribution in [0.1, 0.15) is 23.2 Å². The van der Waals surface area contributed by atoms with E-state index < -0.39 is 0 Å². The number of fused-ring (bicyclic) bond motifs is 1. The van der Waals surface area contributed by atoms with Crippen molar-refractivity contribution < 1.29 is 4.79 Å². The van der Waals surface area contributed by atoms with Gasteiger partial charge in [0.25, 0.3) is 11.5 Å². The second-order valence-corrected chi connectivity index (χ2v) is 8.08. The maximum atomic E-state index is 12.8. The van der Waals surface area contributed by atoms with Crippen LogP contribution >= 0.6 is 11.6 Å². The minimum atomic E-state index is -0.179. The van der Waals surface area contributed by atoms with Crippen LogP contribution in [0.15, 0.2) is 53.3 Å².